The van der Waals surface area contributed by atoms with E-state index in [1.54, 1.807) is 22.2 Å². The summed E-state index contributed by atoms with van der Waals surface area (Å²) in [5.41, 5.74) is 2.42. The lowest BCUT2D eigenvalue weighted by atomic mass is 10.00. The summed E-state index contributed by atoms with van der Waals surface area (Å²) in [5.74, 6) is 0. The van der Waals surface area contributed by atoms with Crippen molar-refractivity contribution in [3.8, 4) is 10.4 Å². The fraction of sp³-hybridized carbons (Fsp3) is 0.316. The van der Waals surface area contributed by atoms with Crippen LogP contribution in [0.4, 0.5) is 0 Å². The second-order valence-electron chi connectivity index (χ2n) is 6.41. The van der Waals surface area contributed by atoms with Crippen molar-refractivity contribution >= 4 is 11.3 Å². The summed E-state index contributed by atoms with van der Waals surface area (Å²) in [6.45, 7) is 5.13. The molecule has 0 aliphatic rings. The predicted molar refractivity (Wildman–Crippen MR) is 99.0 cm³/mol. The van der Waals surface area contributed by atoms with Gasteiger partial charge in [-0.15, -0.1) is 11.3 Å². The van der Waals surface area contributed by atoms with Crippen molar-refractivity contribution in [3.63, 3.8) is 0 Å². The first-order valence-electron chi connectivity index (χ1n) is 8.02. The van der Waals surface area contributed by atoms with E-state index >= 15 is 0 Å². The zero-order valence-electron chi connectivity index (χ0n) is 14.3. The zero-order valence-corrected chi connectivity index (χ0v) is 15.1. The minimum Gasteiger partial charge on any atom is -0.384 e. The lowest BCUT2D eigenvalue weighted by molar-refractivity contribution is 0.0566. The number of hydrogen-bond donors (Lipinski definition) is 2. The summed E-state index contributed by atoms with van der Waals surface area (Å²) in [6.07, 6.45) is 3.56. The standard InChI is InChI=1S/C19H23N3OS/c1-14-4-6-15(7-5-14)18-9-8-17(24-18)11-20-13-19(2,23)16-10-21-22(3)12-16/h4-10,12,20,23H,11,13H2,1-3H3. The molecule has 0 aliphatic heterocycles. The first-order chi connectivity index (χ1) is 11.4. The van der Waals surface area contributed by atoms with Crippen LogP contribution in [0.5, 0.6) is 0 Å². The Labute approximate surface area is 146 Å². The third-order valence-corrected chi connectivity index (χ3v) is 5.23. The zero-order chi connectivity index (χ0) is 17.2. The molecular formula is C19H23N3OS. The maximum absolute atomic E-state index is 10.6. The number of nitrogens with zero attached hydrogens (tertiary/aromatic N) is 2. The topological polar surface area (TPSA) is 50.1 Å². The molecule has 1 atom stereocenters. The number of hydrogen-bond acceptors (Lipinski definition) is 4. The van der Waals surface area contributed by atoms with Crippen LogP contribution >= 0.6 is 11.3 Å². The fourth-order valence-corrected chi connectivity index (χ4v) is 3.56. The van der Waals surface area contributed by atoms with Crippen LogP contribution in [-0.4, -0.2) is 21.4 Å². The van der Waals surface area contributed by atoms with E-state index in [0.717, 1.165) is 12.1 Å². The Morgan fingerprint density at radius 1 is 1.21 bits per heavy atom. The average Bonchev–Trinajstić information content (AvgIpc) is 3.17. The molecule has 2 aromatic heterocycles. The number of aliphatic hydroxyl groups is 1. The minimum absolute atomic E-state index is 0.483. The highest BCUT2D eigenvalue weighted by Crippen LogP contribution is 2.28. The van der Waals surface area contributed by atoms with E-state index in [0.29, 0.717) is 6.54 Å². The highest BCUT2D eigenvalue weighted by atomic mass is 32.1. The molecule has 0 bridgehead atoms. The lowest BCUT2D eigenvalue weighted by Crippen LogP contribution is -2.34. The van der Waals surface area contributed by atoms with Crippen LogP contribution in [0, 0.1) is 6.92 Å². The Bertz CT molecular complexity index is 802. The number of rotatable bonds is 6. The molecule has 0 saturated heterocycles. The molecule has 1 unspecified atom stereocenters. The van der Waals surface area contributed by atoms with Crippen molar-refractivity contribution < 1.29 is 5.11 Å². The van der Waals surface area contributed by atoms with Gasteiger partial charge in [0.15, 0.2) is 0 Å². The maximum Gasteiger partial charge on any atom is 0.102 e. The predicted octanol–water partition coefficient (Wildman–Crippen LogP) is 3.45. The summed E-state index contributed by atoms with van der Waals surface area (Å²) in [7, 11) is 1.85. The smallest absolute Gasteiger partial charge is 0.102 e. The van der Waals surface area contributed by atoms with Crippen molar-refractivity contribution in [1.82, 2.24) is 15.1 Å². The minimum atomic E-state index is -0.925. The first-order valence-corrected chi connectivity index (χ1v) is 8.84. The van der Waals surface area contributed by atoms with E-state index in [9.17, 15) is 5.11 Å². The lowest BCUT2D eigenvalue weighted by Gasteiger charge is -2.22. The van der Waals surface area contributed by atoms with Crippen LogP contribution in [-0.2, 0) is 19.2 Å². The van der Waals surface area contributed by atoms with Gasteiger partial charge in [0.1, 0.15) is 5.60 Å². The highest BCUT2D eigenvalue weighted by molar-refractivity contribution is 7.15. The Morgan fingerprint density at radius 3 is 2.62 bits per heavy atom. The summed E-state index contributed by atoms with van der Waals surface area (Å²) >= 11 is 1.78. The third kappa shape index (κ3) is 3.93. The maximum atomic E-state index is 10.6. The van der Waals surface area contributed by atoms with Crippen molar-refractivity contribution in [2.75, 3.05) is 6.54 Å². The van der Waals surface area contributed by atoms with Gasteiger partial charge < -0.3 is 10.4 Å². The van der Waals surface area contributed by atoms with Crippen LogP contribution in [0.3, 0.4) is 0 Å². The molecule has 0 amide bonds. The molecule has 0 saturated carbocycles. The van der Waals surface area contributed by atoms with E-state index in [2.05, 4.69) is 53.7 Å². The highest BCUT2D eigenvalue weighted by Gasteiger charge is 2.24. The van der Waals surface area contributed by atoms with E-state index < -0.39 is 5.60 Å². The molecule has 4 nitrogen and oxygen atoms in total. The van der Waals surface area contributed by atoms with Gasteiger partial charge in [-0.1, -0.05) is 29.8 Å². The summed E-state index contributed by atoms with van der Waals surface area (Å²) in [5, 5.41) is 18.0. The third-order valence-electron chi connectivity index (χ3n) is 4.09. The molecule has 1 aromatic carbocycles. The Kier molecular flexibility index (Phi) is 4.85. The fourth-order valence-electron chi connectivity index (χ4n) is 2.58. The Hall–Kier alpha value is -1.95. The molecule has 0 spiro atoms. The Balaban J connectivity index is 1.58. The van der Waals surface area contributed by atoms with Gasteiger partial charge in [0.05, 0.1) is 6.20 Å². The molecule has 3 aromatic rings. The van der Waals surface area contributed by atoms with Gasteiger partial charge >= 0.3 is 0 Å². The first kappa shape index (κ1) is 16.9. The molecule has 2 heterocycles. The van der Waals surface area contributed by atoms with Crippen LogP contribution in [0.2, 0.25) is 0 Å². The van der Waals surface area contributed by atoms with Crippen LogP contribution in [0.25, 0.3) is 10.4 Å². The summed E-state index contributed by atoms with van der Waals surface area (Å²) < 4.78 is 1.71. The van der Waals surface area contributed by atoms with Gasteiger partial charge in [-0.2, -0.15) is 5.10 Å². The van der Waals surface area contributed by atoms with E-state index in [-0.39, 0.29) is 0 Å². The van der Waals surface area contributed by atoms with E-state index in [4.69, 9.17) is 0 Å². The second kappa shape index (κ2) is 6.89. The molecule has 0 fully saturated rings. The number of thiophene rings is 1. The molecular weight excluding hydrogens is 318 g/mol. The van der Waals surface area contributed by atoms with Gasteiger partial charge in [-0.25, -0.2) is 0 Å². The number of nitrogens with one attached hydrogen (secondary N) is 1. The second-order valence-corrected chi connectivity index (χ2v) is 7.58. The quantitative estimate of drug-likeness (QED) is 0.722. The summed E-state index contributed by atoms with van der Waals surface area (Å²) in [6, 6.07) is 12.9. The summed E-state index contributed by atoms with van der Waals surface area (Å²) in [4.78, 5) is 2.53. The van der Waals surface area contributed by atoms with Crippen molar-refractivity contribution in [2.24, 2.45) is 7.05 Å². The monoisotopic (exact) mass is 341 g/mol. The van der Waals surface area contributed by atoms with Gasteiger partial charge in [-0.3, -0.25) is 4.68 Å². The largest absolute Gasteiger partial charge is 0.384 e. The molecule has 5 heteroatoms. The Morgan fingerprint density at radius 2 is 1.96 bits per heavy atom. The number of aryl methyl sites for hydroxylation is 2. The normalized spacial score (nSPS) is 13.8. The van der Waals surface area contributed by atoms with Crippen molar-refractivity contribution in [2.45, 2.75) is 26.0 Å². The van der Waals surface area contributed by atoms with Gasteiger partial charge in [0.2, 0.25) is 0 Å². The molecule has 0 aliphatic carbocycles. The van der Waals surface area contributed by atoms with Gasteiger partial charge in [0, 0.05) is 41.7 Å². The molecule has 2 N–H and O–H groups in total. The average molecular weight is 341 g/mol. The van der Waals surface area contributed by atoms with Crippen LogP contribution < -0.4 is 5.32 Å². The van der Waals surface area contributed by atoms with Crippen molar-refractivity contribution in [3.05, 3.63) is 64.8 Å². The molecule has 126 valence electrons. The molecule has 3 rings (SSSR count). The van der Waals surface area contributed by atoms with Gasteiger partial charge in [0.25, 0.3) is 0 Å². The van der Waals surface area contributed by atoms with Crippen LogP contribution in [0.1, 0.15) is 22.9 Å². The SMILES string of the molecule is Cc1ccc(-c2ccc(CNCC(C)(O)c3cnn(C)c3)s2)cc1. The van der Waals surface area contributed by atoms with Crippen LogP contribution in [0.15, 0.2) is 48.8 Å². The molecule has 0 radical (unpaired) electrons. The number of benzene rings is 1. The number of aromatic nitrogens is 2. The van der Waals surface area contributed by atoms with E-state index in [1.807, 2.05) is 20.2 Å². The van der Waals surface area contributed by atoms with Crippen molar-refractivity contribution in [1.29, 1.82) is 0 Å². The molecule has 24 heavy (non-hydrogen) atoms. The van der Waals surface area contributed by atoms with E-state index in [1.165, 1.54) is 20.9 Å². The van der Waals surface area contributed by atoms with Gasteiger partial charge in [-0.05, 0) is 31.5 Å².